The number of anilines is 1. The van der Waals surface area contributed by atoms with Gasteiger partial charge in [-0.15, -0.1) is 0 Å². The lowest BCUT2D eigenvalue weighted by Crippen LogP contribution is -2.51. The standard InChI is InChI=1S/C22H23ClFN3O4S/c1-22(7-2-8-22)26-20(28)15-9-18-19(10-16(15)24)32(30,31)12-17(25)21(29)27(18)11-13-3-5-14(23)6-4-13/h3-6,9-10,17H,2,7-8,11-12,25H2,1H3,(H,26,28)/t17-/m0/s1. The molecule has 1 aliphatic carbocycles. The van der Waals surface area contributed by atoms with Crippen LogP contribution in [0.15, 0.2) is 41.3 Å². The maximum absolute atomic E-state index is 14.9. The van der Waals surface area contributed by atoms with Crippen LogP contribution in [-0.2, 0) is 21.2 Å². The summed E-state index contributed by atoms with van der Waals surface area (Å²) >= 11 is 5.93. The first-order valence-corrected chi connectivity index (χ1v) is 12.2. The van der Waals surface area contributed by atoms with E-state index >= 15 is 0 Å². The van der Waals surface area contributed by atoms with Crippen LogP contribution in [0.25, 0.3) is 0 Å². The Hall–Kier alpha value is -2.49. The van der Waals surface area contributed by atoms with E-state index in [0.717, 1.165) is 31.4 Å². The van der Waals surface area contributed by atoms with Gasteiger partial charge in [0.15, 0.2) is 9.84 Å². The Morgan fingerprint density at radius 3 is 2.53 bits per heavy atom. The minimum atomic E-state index is -4.07. The number of halogens is 2. The largest absolute Gasteiger partial charge is 0.347 e. The third kappa shape index (κ3) is 4.24. The Morgan fingerprint density at radius 2 is 1.94 bits per heavy atom. The van der Waals surface area contributed by atoms with Gasteiger partial charge in [0, 0.05) is 10.6 Å². The summed E-state index contributed by atoms with van der Waals surface area (Å²) in [5.41, 5.74) is 5.73. The number of sulfone groups is 1. The first-order valence-electron chi connectivity index (χ1n) is 10.2. The molecule has 2 aliphatic rings. The van der Waals surface area contributed by atoms with Gasteiger partial charge >= 0.3 is 0 Å². The van der Waals surface area contributed by atoms with Gasteiger partial charge in [-0.05, 0) is 56.0 Å². The quantitative estimate of drug-likeness (QED) is 0.700. The molecule has 2 aromatic rings. The highest BCUT2D eigenvalue weighted by Gasteiger charge is 2.39. The van der Waals surface area contributed by atoms with Gasteiger partial charge in [-0.25, -0.2) is 12.8 Å². The Labute approximate surface area is 190 Å². The van der Waals surface area contributed by atoms with Crippen LogP contribution < -0.4 is 16.0 Å². The summed E-state index contributed by atoms with van der Waals surface area (Å²) in [5.74, 6) is -2.91. The molecule has 1 atom stereocenters. The summed E-state index contributed by atoms with van der Waals surface area (Å²) in [6.45, 7) is 1.85. The van der Waals surface area contributed by atoms with Gasteiger partial charge < -0.3 is 16.0 Å². The highest BCUT2D eigenvalue weighted by Crippen LogP contribution is 2.35. The lowest BCUT2D eigenvalue weighted by atomic mass is 9.78. The number of benzene rings is 2. The van der Waals surface area contributed by atoms with E-state index in [1.54, 1.807) is 24.3 Å². The highest BCUT2D eigenvalue weighted by atomic mass is 35.5. The molecule has 0 unspecified atom stereocenters. The van der Waals surface area contributed by atoms with E-state index in [2.05, 4.69) is 5.32 Å². The molecule has 0 aromatic heterocycles. The van der Waals surface area contributed by atoms with Crippen molar-refractivity contribution >= 4 is 38.9 Å². The van der Waals surface area contributed by atoms with E-state index in [-0.39, 0.29) is 22.7 Å². The van der Waals surface area contributed by atoms with Crippen LogP contribution in [0.4, 0.5) is 10.1 Å². The number of nitrogens with zero attached hydrogens (tertiary/aromatic N) is 1. The summed E-state index contributed by atoms with van der Waals surface area (Å²) < 4.78 is 40.7. The highest BCUT2D eigenvalue weighted by molar-refractivity contribution is 7.91. The van der Waals surface area contributed by atoms with Crippen molar-refractivity contribution in [1.29, 1.82) is 0 Å². The van der Waals surface area contributed by atoms with Crippen LogP contribution in [0.1, 0.15) is 42.1 Å². The zero-order valence-corrected chi connectivity index (χ0v) is 19.0. The molecule has 1 saturated carbocycles. The van der Waals surface area contributed by atoms with Gasteiger partial charge in [-0.3, -0.25) is 9.59 Å². The third-order valence-electron chi connectivity index (χ3n) is 6.03. The molecule has 0 spiro atoms. The number of hydrogen-bond acceptors (Lipinski definition) is 5. The molecule has 10 heteroatoms. The van der Waals surface area contributed by atoms with E-state index in [1.165, 1.54) is 4.90 Å². The van der Waals surface area contributed by atoms with Crippen LogP contribution in [0, 0.1) is 5.82 Å². The van der Waals surface area contributed by atoms with Crippen LogP contribution in [0.3, 0.4) is 0 Å². The number of nitrogens with one attached hydrogen (secondary N) is 1. The predicted molar refractivity (Wildman–Crippen MR) is 119 cm³/mol. The second-order valence-electron chi connectivity index (χ2n) is 8.61. The maximum Gasteiger partial charge on any atom is 0.254 e. The zero-order valence-electron chi connectivity index (χ0n) is 17.4. The van der Waals surface area contributed by atoms with Gasteiger partial charge in [0.05, 0.1) is 34.5 Å². The van der Waals surface area contributed by atoms with Crippen molar-refractivity contribution in [1.82, 2.24) is 5.32 Å². The third-order valence-corrected chi connectivity index (χ3v) is 8.07. The smallest absolute Gasteiger partial charge is 0.254 e. The molecule has 170 valence electrons. The molecular weight excluding hydrogens is 457 g/mol. The van der Waals surface area contributed by atoms with E-state index in [0.29, 0.717) is 10.6 Å². The molecule has 3 N–H and O–H groups in total. The molecule has 0 bridgehead atoms. The molecule has 1 fully saturated rings. The van der Waals surface area contributed by atoms with Gasteiger partial charge in [0.2, 0.25) is 5.91 Å². The number of rotatable bonds is 4. The van der Waals surface area contributed by atoms with Crippen LogP contribution >= 0.6 is 11.6 Å². The number of hydrogen-bond donors (Lipinski definition) is 2. The fourth-order valence-electron chi connectivity index (χ4n) is 4.00. The Balaban J connectivity index is 1.81. The number of nitrogens with two attached hydrogens (primary N) is 1. The first-order chi connectivity index (χ1) is 15.0. The van der Waals surface area contributed by atoms with E-state index in [4.69, 9.17) is 17.3 Å². The monoisotopic (exact) mass is 479 g/mol. The van der Waals surface area contributed by atoms with Crippen molar-refractivity contribution in [2.75, 3.05) is 10.7 Å². The van der Waals surface area contributed by atoms with Crippen molar-refractivity contribution in [3.8, 4) is 0 Å². The van der Waals surface area contributed by atoms with Crippen molar-refractivity contribution in [2.24, 2.45) is 5.73 Å². The van der Waals surface area contributed by atoms with Crippen LogP contribution in [0.5, 0.6) is 0 Å². The number of carbonyl (C=O) groups is 2. The van der Waals surface area contributed by atoms with Crippen molar-refractivity contribution in [3.05, 3.63) is 58.4 Å². The normalized spacial score (nSPS) is 21.3. The zero-order chi connectivity index (χ0) is 23.3. The fourth-order valence-corrected chi connectivity index (χ4v) is 5.69. The molecule has 0 saturated heterocycles. The summed E-state index contributed by atoms with van der Waals surface area (Å²) in [5, 5.41) is 3.31. The summed E-state index contributed by atoms with van der Waals surface area (Å²) in [6.07, 6.45) is 2.51. The van der Waals surface area contributed by atoms with Crippen molar-refractivity contribution < 1.29 is 22.4 Å². The van der Waals surface area contributed by atoms with Crippen molar-refractivity contribution in [3.63, 3.8) is 0 Å². The van der Waals surface area contributed by atoms with E-state index in [1.807, 2.05) is 6.92 Å². The number of fused-ring (bicyclic) bond motifs is 1. The topological polar surface area (TPSA) is 110 Å². The van der Waals surface area contributed by atoms with Crippen LogP contribution in [0.2, 0.25) is 5.02 Å². The summed E-state index contributed by atoms with van der Waals surface area (Å²) in [6, 6.07) is 7.27. The lowest BCUT2D eigenvalue weighted by molar-refractivity contribution is -0.119. The summed E-state index contributed by atoms with van der Waals surface area (Å²) in [7, 11) is -4.07. The molecule has 2 aromatic carbocycles. The second kappa shape index (κ2) is 8.13. The minimum Gasteiger partial charge on any atom is -0.347 e. The fraction of sp³-hybridized carbons (Fsp3) is 0.364. The Bertz CT molecular complexity index is 1200. The second-order valence-corrected chi connectivity index (χ2v) is 11.0. The molecule has 1 aliphatic heterocycles. The molecule has 4 rings (SSSR count). The first kappa shape index (κ1) is 22.7. The van der Waals surface area contributed by atoms with Gasteiger partial charge in [-0.2, -0.15) is 0 Å². The number of carbonyl (C=O) groups excluding carboxylic acids is 2. The molecule has 0 radical (unpaired) electrons. The van der Waals surface area contributed by atoms with Crippen molar-refractivity contribution in [2.45, 2.75) is 49.2 Å². The average Bonchev–Trinajstić information content (AvgIpc) is 2.76. The molecule has 7 nitrogen and oxygen atoms in total. The van der Waals surface area contributed by atoms with E-state index < -0.39 is 44.8 Å². The number of amides is 2. The molecule has 2 amide bonds. The van der Waals surface area contributed by atoms with Crippen LogP contribution in [-0.4, -0.2) is 37.6 Å². The Kier molecular flexibility index (Phi) is 5.77. The van der Waals surface area contributed by atoms with E-state index in [9.17, 15) is 22.4 Å². The minimum absolute atomic E-state index is 0.0172. The lowest BCUT2D eigenvalue weighted by Gasteiger charge is -2.39. The Morgan fingerprint density at radius 1 is 1.28 bits per heavy atom. The predicted octanol–water partition coefficient (Wildman–Crippen LogP) is 2.80. The summed E-state index contributed by atoms with van der Waals surface area (Å²) in [4.78, 5) is 26.7. The van der Waals surface area contributed by atoms with Gasteiger partial charge in [-0.1, -0.05) is 23.7 Å². The van der Waals surface area contributed by atoms with Gasteiger partial charge in [0.1, 0.15) is 5.82 Å². The molecular formula is C22H23ClFN3O4S. The molecule has 1 heterocycles. The molecule has 32 heavy (non-hydrogen) atoms. The SMILES string of the molecule is CC1(NC(=O)c2cc3c(cc2F)S(=O)(=O)C[C@H](N)C(=O)N3Cc2ccc(Cl)cc2)CCC1. The average molecular weight is 480 g/mol. The maximum atomic E-state index is 14.9. The van der Waals surface area contributed by atoms with Gasteiger partial charge in [0.25, 0.3) is 5.91 Å².